The van der Waals surface area contributed by atoms with Crippen LogP contribution in [0.2, 0.25) is 0 Å². The third kappa shape index (κ3) is 6.22. The van der Waals surface area contributed by atoms with Gasteiger partial charge in [0.1, 0.15) is 0 Å². The van der Waals surface area contributed by atoms with Crippen LogP contribution in [-0.4, -0.2) is 31.6 Å². The Labute approximate surface area is 119 Å². The van der Waals surface area contributed by atoms with Gasteiger partial charge in [0, 0.05) is 13.1 Å². The monoisotopic (exact) mass is 262 g/mol. The maximum Gasteiger partial charge on any atom is 0.0230 e. The average molecular weight is 262 g/mol. The molecule has 19 heavy (non-hydrogen) atoms. The topological polar surface area (TPSA) is 15.3 Å². The van der Waals surface area contributed by atoms with Gasteiger partial charge in [-0.05, 0) is 43.6 Å². The van der Waals surface area contributed by atoms with Crippen LogP contribution in [0.4, 0.5) is 0 Å². The Morgan fingerprint density at radius 3 is 2.42 bits per heavy atom. The molecule has 0 radical (unpaired) electrons. The Kier molecular flexibility index (Phi) is 7.76. The molecule has 0 spiro atoms. The van der Waals surface area contributed by atoms with E-state index in [1.165, 1.54) is 30.5 Å². The van der Waals surface area contributed by atoms with Crippen molar-refractivity contribution >= 4 is 0 Å². The maximum absolute atomic E-state index is 3.41. The van der Waals surface area contributed by atoms with E-state index in [2.05, 4.69) is 62.3 Å². The van der Waals surface area contributed by atoms with E-state index in [1.54, 1.807) is 0 Å². The van der Waals surface area contributed by atoms with Crippen molar-refractivity contribution in [3.63, 3.8) is 0 Å². The van der Waals surface area contributed by atoms with Crippen LogP contribution in [0.25, 0.3) is 0 Å². The molecule has 1 unspecified atom stereocenters. The van der Waals surface area contributed by atoms with Gasteiger partial charge in [-0.2, -0.15) is 0 Å². The number of nitrogens with one attached hydrogen (secondary N) is 1. The van der Waals surface area contributed by atoms with Crippen molar-refractivity contribution in [2.75, 3.05) is 26.7 Å². The Hall–Kier alpha value is -0.860. The molecule has 0 bridgehead atoms. The van der Waals surface area contributed by atoms with Crippen molar-refractivity contribution in [3.05, 3.63) is 35.4 Å². The van der Waals surface area contributed by atoms with Gasteiger partial charge in [0.25, 0.3) is 0 Å². The quantitative estimate of drug-likeness (QED) is 0.731. The fourth-order valence-corrected chi connectivity index (χ4v) is 2.25. The van der Waals surface area contributed by atoms with Crippen LogP contribution in [-0.2, 0) is 6.54 Å². The molecule has 0 aliphatic rings. The molecule has 1 atom stereocenters. The summed E-state index contributed by atoms with van der Waals surface area (Å²) in [5.41, 5.74) is 2.85. The van der Waals surface area contributed by atoms with Crippen molar-refractivity contribution in [1.82, 2.24) is 10.2 Å². The smallest absolute Gasteiger partial charge is 0.0230 e. The van der Waals surface area contributed by atoms with Gasteiger partial charge in [0.2, 0.25) is 0 Å². The lowest BCUT2D eigenvalue weighted by atomic mass is 9.99. The standard InChI is InChI=1S/C17H30N2/c1-5-7-12-19(4)14-16-8-10-17(11-9-16)15(3)13-18-6-2/h8-11,15,18H,5-7,12-14H2,1-4H3. The Bertz CT molecular complexity index is 332. The van der Waals surface area contributed by atoms with E-state index in [-0.39, 0.29) is 0 Å². The minimum absolute atomic E-state index is 0.590. The van der Waals surface area contributed by atoms with Gasteiger partial charge in [0.05, 0.1) is 0 Å². The second-order valence-corrected chi connectivity index (χ2v) is 5.54. The second kappa shape index (κ2) is 9.11. The van der Waals surface area contributed by atoms with Gasteiger partial charge in [0.15, 0.2) is 0 Å². The summed E-state index contributed by atoms with van der Waals surface area (Å²) >= 11 is 0. The largest absolute Gasteiger partial charge is 0.316 e. The third-order valence-corrected chi connectivity index (χ3v) is 3.60. The van der Waals surface area contributed by atoms with Crippen LogP contribution in [0.5, 0.6) is 0 Å². The minimum atomic E-state index is 0.590. The van der Waals surface area contributed by atoms with E-state index in [0.717, 1.165) is 19.6 Å². The van der Waals surface area contributed by atoms with E-state index < -0.39 is 0 Å². The number of hydrogen-bond donors (Lipinski definition) is 1. The maximum atomic E-state index is 3.41. The predicted molar refractivity (Wildman–Crippen MR) is 84.6 cm³/mol. The zero-order valence-corrected chi connectivity index (χ0v) is 13.1. The molecule has 0 amide bonds. The van der Waals surface area contributed by atoms with Crippen molar-refractivity contribution in [3.8, 4) is 0 Å². The van der Waals surface area contributed by atoms with Crippen molar-refractivity contribution < 1.29 is 0 Å². The number of likely N-dealkylation sites (N-methyl/N-ethyl adjacent to an activating group) is 1. The van der Waals surface area contributed by atoms with Gasteiger partial charge in [-0.15, -0.1) is 0 Å². The normalized spacial score (nSPS) is 12.9. The van der Waals surface area contributed by atoms with E-state index in [9.17, 15) is 0 Å². The molecule has 1 aromatic rings. The predicted octanol–water partition coefficient (Wildman–Crippen LogP) is 3.63. The fraction of sp³-hybridized carbons (Fsp3) is 0.647. The lowest BCUT2D eigenvalue weighted by Crippen LogP contribution is -2.20. The van der Waals surface area contributed by atoms with Crippen LogP contribution < -0.4 is 5.32 Å². The number of hydrogen-bond acceptors (Lipinski definition) is 2. The summed E-state index contributed by atoms with van der Waals surface area (Å²) in [7, 11) is 2.21. The Morgan fingerprint density at radius 1 is 1.16 bits per heavy atom. The molecular weight excluding hydrogens is 232 g/mol. The molecule has 2 heteroatoms. The molecule has 0 saturated carbocycles. The second-order valence-electron chi connectivity index (χ2n) is 5.54. The Balaban J connectivity index is 2.46. The van der Waals surface area contributed by atoms with Gasteiger partial charge in [-0.3, -0.25) is 0 Å². The van der Waals surface area contributed by atoms with Crippen LogP contribution in [0, 0.1) is 0 Å². The lowest BCUT2D eigenvalue weighted by Gasteiger charge is -2.17. The molecule has 108 valence electrons. The first-order valence-electron chi connectivity index (χ1n) is 7.65. The van der Waals surface area contributed by atoms with Gasteiger partial charge in [-0.1, -0.05) is 51.5 Å². The Morgan fingerprint density at radius 2 is 1.84 bits per heavy atom. The first-order chi connectivity index (χ1) is 9.17. The van der Waals surface area contributed by atoms with E-state index >= 15 is 0 Å². The molecule has 2 nitrogen and oxygen atoms in total. The van der Waals surface area contributed by atoms with E-state index in [1.807, 2.05) is 0 Å². The molecule has 1 rings (SSSR count). The van der Waals surface area contributed by atoms with Crippen molar-refractivity contribution in [2.45, 2.75) is 46.1 Å². The minimum Gasteiger partial charge on any atom is -0.316 e. The van der Waals surface area contributed by atoms with E-state index in [0.29, 0.717) is 5.92 Å². The first kappa shape index (κ1) is 16.2. The molecule has 0 fully saturated rings. The highest BCUT2D eigenvalue weighted by Crippen LogP contribution is 2.15. The van der Waals surface area contributed by atoms with Crippen molar-refractivity contribution in [1.29, 1.82) is 0 Å². The lowest BCUT2D eigenvalue weighted by molar-refractivity contribution is 0.321. The van der Waals surface area contributed by atoms with Crippen LogP contribution in [0.15, 0.2) is 24.3 Å². The van der Waals surface area contributed by atoms with Gasteiger partial charge in [-0.25, -0.2) is 0 Å². The van der Waals surface area contributed by atoms with E-state index in [4.69, 9.17) is 0 Å². The zero-order chi connectivity index (χ0) is 14.1. The van der Waals surface area contributed by atoms with Crippen LogP contribution >= 0.6 is 0 Å². The molecule has 1 N–H and O–H groups in total. The van der Waals surface area contributed by atoms with Crippen molar-refractivity contribution in [2.24, 2.45) is 0 Å². The first-order valence-corrected chi connectivity index (χ1v) is 7.65. The summed E-state index contributed by atoms with van der Waals surface area (Å²) in [5, 5.41) is 3.41. The molecule has 0 aromatic heterocycles. The number of rotatable bonds is 9. The molecule has 0 saturated heterocycles. The highest BCUT2D eigenvalue weighted by molar-refractivity contribution is 5.25. The summed E-state index contributed by atoms with van der Waals surface area (Å²) in [6, 6.07) is 9.12. The highest BCUT2D eigenvalue weighted by atomic mass is 15.1. The number of benzene rings is 1. The SMILES string of the molecule is CCCCN(C)Cc1ccc(C(C)CNCC)cc1. The van der Waals surface area contributed by atoms with Gasteiger partial charge >= 0.3 is 0 Å². The van der Waals surface area contributed by atoms with Crippen LogP contribution in [0.1, 0.15) is 50.7 Å². The van der Waals surface area contributed by atoms with Crippen LogP contribution in [0.3, 0.4) is 0 Å². The summed E-state index contributed by atoms with van der Waals surface area (Å²) in [4.78, 5) is 2.40. The summed E-state index contributed by atoms with van der Waals surface area (Å²) in [5.74, 6) is 0.590. The number of unbranched alkanes of at least 4 members (excludes halogenated alkanes) is 1. The molecule has 0 aliphatic heterocycles. The summed E-state index contributed by atoms with van der Waals surface area (Å²) in [6.45, 7) is 11.0. The highest BCUT2D eigenvalue weighted by Gasteiger charge is 2.05. The fourth-order valence-electron chi connectivity index (χ4n) is 2.25. The average Bonchev–Trinajstić information content (AvgIpc) is 2.43. The molecule has 0 aliphatic carbocycles. The molecule has 0 heterocycles. The number of nitrogens with zero attached hydrogens (tertiary/aromatic N) is 1. The molecule has 1 aromatic carbocycles. The van der Waals surface area contributed by atoms with Gasteiger partial charge < -0.3 is 10.2 Å². The summed E-state index contributed by atoms with van der Waals surface area (Å²) < 4.78 is 0. The molecular formula is C17H30N2. The zero-order valence-electron chi connectivity index (χ0n) is 13.1. The third-order valence-electron chi connectivity index (χ3n) is 3.60. The summed E-state index contributed by atoms with van der Waals surface area (Å²) in [6.07, 6.45) is 2.56.